The minimum absolute atomic E-state index is 0.0516. The van der Waals surface area contributed by atoms with Crippen LogP contribution in [-0.4, -0.2) is 83.6 Å². The number of ether oxygens (including phenoxy) is 1. The summed E-state index contributed by atoms with van der Waals surface area (Å²) in [6.45, 7) is 1.57. The van der Waals surface area contributed by atoms with E-state index in [-0.39, 0.29) is 51.2 Å². The largest absolute Gasteiger partial charge is 0.495 e. The fourth-order valence-electron chi connectivity index (χ4n) is 3.65. The summed E-state index contributed by atoms with van der Waals surface area (Å²) in [5.41, 5.74) is 2.56. The molecule has 0 aliphatic carbocycles. The van der Waals surface area contributed by atoms with Crippen LogP contribution in [0.3, 0.4) is 0 Å². The number of aryl methyl sites for hydroxylation is 1. The van der Waals surface area contributed by atoms with Crippen molar-refractivity contribution in [2.24, 2.45) is 0 Å². The number of carbonyl (C=O) groups excluding carboxylic acids is 3. The summed E-state index contributed by atoms with van der Waals surface area (Å²) in [5.74, 6) is -2.61. The van der Waals surface area contributed by atoms with Gasteiger partial charge in [0.15, 0.2) is 0 Å². The fourth-order valence-corrected chi connectivity index (χ4v) is 3.65. The Morgan fingerprint density at radius 2 is 1.54 bits per heavy atom. The SMILES string of the molecule is COc1cc(CC(=O)N(C)CC(=O)N(CCCC(=O)O)CCC(=O)O)ccc1NC(=O)Nc1ccccc1C. The highest BCUT2D eigenvalue weighted by molar-refractivity contribution is 6.01. The van der Waals surface area contributed by atoms with Crippen molar-refractivity contribution in [3.63, 3.8) is 0 Å². The first-order chi connectivity index (χ1) is 18.5. The molecule has 0 aromatic heterocycles. The third kappa shape index (κ3) is 10.3. The van der Waals surface area contributed by atoms with Gasteiger partial charge in [-0.3, -0.25) is 19.2 Å². The number of methoxy groups -OCH3 is 1. The van der Waals surface area contributed by atoms with E-state index >= 15 is 0 Å². The van der Waals surface area contributed by atoms with Crippen LogP contribution in [0.4, 0.5) is 16.2 Å². The van der Waals surface area contributed by atoms with Crippen molar-refractivity contribution in [1.29, 1.82) is 0 Å². The van der Waals surface area contributed by atoms with Gasteiger partial charge in [-0.15, -0.1) is 0 Å². The van der Waals surface area contributed by atoms with E-state index < -0.39 is 23.9 Å². The maximum atomic E-state index is 12.8. The fraction of sp³-hybridized carbons (Fsp3) is 0.370. The van der Waals surface area contributed by atoms with Crippen molar-refractivity contribution in [3.8, 4) is 5.75 Å². The van der Waals surface area contributed by atoms with E-state index in [1.165, 1.54) is 24.0 Å². The number of carbonyl (C=O) groups is 5. The molecular weight excluding hydrogens is 508 g/mol. The minimum atomic E-state index is -1.09. The molecule has 0 spiro atoms. The number of aliphatic carboxylic acids is 2. The average molecular weight is 543 g/mol. The molecule has 0 bridgehead atoms. The second kappa shape index (κ2) is 15.0. The average Bonchev–Trinajstić information content (AvgIpc) is 2.87. The number of nitrogens with one attached hydrogen (secondary N) is 2. The van der Waals surface area contributed by atoms with E-state index in [4.69, 9.17) is 14.9 Å². The molecular formula is C27H34N4O8. The summed E-state index contributed by atoms with van der Waals surface area (Å²) < 4.78 is 5.38. The molecule has 0 aliphatic rings. The van der Waals surface area contributed by atoms with Gasteiger partial charge in [0.1, 0.15) is 5.75 Å². The topological polar surface area (TPSA) is 166 Å². The molecule has 0 saturated carbocycles. The van der Waals surface area contributed by atoms with E-state index in [1.807, 2.05) is 25.1 Å². The van der Waals surface area contributed by atoms with Crippen LogP contribution in [0, 0.1) is 6.92 Å². The van der Waals surface area contributed by atoms with Crippen LogP contribution in [0.25, 0.3) is 0 Å². The zero-order valence-electron chi connectivity index (χ0n) is 22.2. The molecule has 0 heterocycles. The van der Waals surface area contributed by atoms with Crippen LogP contribution in [0.2, 0.25) is 0 Å². The van der Waals surface area contributed by atoms with Crippen molar-refractivity contribution in [2.75, 3.05) is 44.4 Å². The second-order valence-electron chi connectivity index (χ2n) is 8.88. The third-order valence-corrected chi connectivity index (χ3v) is 5.83. The summed E-state index contributed by atoms with van der Waals surface area (Å²) in [6, 6.07) is 11.8. The predicted octanol–water partition coefficient (Wildman–Crippen LogP) is 2.82. The van der Waals surface area contributed by atoms with E-state index in [1.54, 1.807) is 24.3 Å². The van der Waals surface area contributed by atoms with Crippen LogP contribution >= 0.6 is 0 Å². The highest BCUT2D eigenvalue weighted by Crippen LogP contribution is 2.26. The van der Waals surface area contributed by atoms with Gasteiger partial charge in [-0.1, -0.05) is 24.3 Å². The molecule has 0 saturated heterocycles. The van der Waals surface area contributed by atoms with Crippen molar-refractivity contribution in [2.45, 2.75) is 32.6 Å². The summed E-state index contributed by atoms with van der Waals surface area (Å²) in [7, 11) is 2.89. The summed E-state index contributed by atoms with van der Waals surface area (Å²) >= 11 is 0. The van der Waals surface area contributed by atoms with Crippen molar-refractivity contribution in [1.82, 2.24) is 9.80 Å². The number of para-hydroxylation sites is 1. The molecule has 210 valence electrons. The van der Waals surface area contributed by atoms with Gasteiger partial charge < -0.3 is 35.4 Å². The first kappa shape index (κ1) is 30.6. The Labute approximate surface area is 226 Å². The van der Waals surface area contributed by atoms with Gasteiger partial charge in [-0.2, -0.15) is 0 Å². The summed E-state index contributed by atoms with van der Waals surface area (Å²) in [5, 5.41) is 23.3. The standard InChI is InChI=1S/C27H34N4O8/c1-18-7-4-5-8-20(18)28-27(38)29-21-11-10-19(15-22(21)39-3)16-23(32)30(2)17-24(33)31(14-12-26(36)37)13-6-9-25(34)35/h4-5,7-8,10-11,15H,6,9,12-14,16-17H2,1-3H3,(H,34,35)(H,36,37)(H2,28,29,38). The lowest BCUT2D eigenvalue weighted by Gasteiger charge is -2.25. The number of carboxylic acid groups (broad SMARTS) is 2. The second-order valence-corrected chi connectivity index (χ2v) is 8.88. The maximum absolute atomic E-state index is 12.8. The zero-order chi connectivity index (χ0) is 28.9. The number of anilines is 2. The molecule has 4 N–H and O–H groups in total. The lowest BCUT2D eigenvalue weighted by Crippen LogP contribution is -2.43. The molecule has 0 aliphatic heterocycles. The zero-order valence-corrected chi connectivity index (χ0v) is 22.2. The number of likely N-dealkylation sites (N-methyl/N-ethyl adjacent to an activating group) is 1. The molecule has 4 amide bonds. The number of nitrogens with zero attached hydrogens (tertiary/aromatic N) is 2. The molecule has 2 aromatic carbocycles. The first-order valence-electron chi connectivity index (χ1n) is 12.3. The first-order valence-corrected chi connectivity index (χ1v) is 12.3. The van der Waals surface area contributed by atoms with Gasteiger partial charge in [-0.05, 0) is 42.7 Å². The van der Waals surface area contributed by atoms with Gasteiger partial charge >= 0.3 is 18.0 Å². The Kier molecular flexibility index (Phi) is 11.7. The van der Waals surface area contributed by atoms with Crippen LogP contribution in [0.5, 0.6) is 5.75 Å². The Morgan fingerprint density at radius 3 is 2.18 bits per heavy atom. The molecule has 2 aromatic rings. The lowest BCUT2D eigenvalue weighted by molar-refractivity contribution is -0.142. The number of carboxylic acids is 2. The summed E-state index contributed by atoms with van der Waals surface area (Å²) in [6.07, 6.45) is -0.336. The van der Waals surface area contributed by atoms with Gasteiger partial charge in [-0.25, -0.2) is 4.79 Å². The van der Waals surface area contributed by atoms with Crippen LogP contribution in [0.1, 0.15) is 30.4 Å². The number of rotatable bonds is 14. The molecule has 0 radical (unpaired) electrons. The molecule has 0 unspecified atom stereocenters. The van der Waals surface area contributed by atoms with Crippen molar-refractivity contribution >= 4 is 41.2 Å². The Bertz CT molecular complexity index is 1200. The van der Waals surface area contributed by atoms with Crippen molar-refractivity contribution < 1.29 is 38.9 Å². The Hall–Kier alpha value is -4.61. The number of amides is 4. The Morgan fingerprint density at radius 1 is 0.872 bits per heavy atom. The van der Waals surface area contributed by atoms with E-state index in [2.05, 4.69) is 10.6 Å². The molecule has 0 atom stereocenters. The predicted molar refractivity (Wildman–Crippen MR) is 144 cm³/mol. The highest BCUT2D eigenvalue weighted by atomic mass is 16.5. The van der Waals surface area contributed by atoms with Crippen LogP contribution < -0.4 is 15.4 Å². The smallest absolute Gasteiger partial charge is 0.323 e. The van der Waals surface area contributed by atoms with Gasteiger partial charge in [0, 0.05) is 32.2 Å². The van der Waals surface area contributed by atoms with E-state index in [0.717, 1.165) is 5.56 Å². The highest BCUT2D eigenvalue weighted by Gasteiger charge is 2.20. The van der Waals surface area contributed by atoms with Gasteiger partial charge in [0.2, 0.25) is 11.8 Å². The van der Waals surface area contributed by atoms with Crippen LogP contribution in [0.15, 0.2) is 42.5 Å². The monoisotopic (exact) mass is 542 g/mol. The minimum Gasteiger partial charge on any atom is -0.495 e. The number of hydrogen-bond acceptors (Lipinski definition) is 6. The van der Waals surface area contributed by atoms with E-state index in [0.29, 0.717) is 22.7 Å². The van der Waals surface area contributed by atoms with E-state index in [9.17, 15) is 24.0 Å². The molecule has 12 nitrogen and oxygen atoms in total. The lowest BCUT2D eigenvalue weighted by atomic mass is 10.1. The van der Waals surface area contributed by atoms with Crippen LogP contribution in [-0.2, 0) is 25.6 Å². The number of urea groups is 1. The molecule has 12 heteroatoms. The molecule has 39 heavy (non-hydrogen) atoms. The number of benzene rings is 2. The summed E-state index contributed by atoms with van der Waals surface area (Å²) in [4.78, 5) is 62.2. The van der Waals surface area contributed by atoms with Gasteiger partial charge in [0.25, 0.3) is 0 Å². The third-order valence-electron chi connectivity index (χ3n) is 5.83. The Balaban J connectivity index is 1.99. The normalized spacial score (nSPS) is 10.3. The van der Waals surface area contributed by atoms with Crippen molar-refractivity contribution in [3.05, 3.63) is 53.6 Å². The number of hydrogen-bond donors (Lipinski definition) is 4. The quantitative estimate of drug-likeness (QED) is 0.283. The molecule has 0 fully saturated rings. The van der Waals surface area contributed by atoms with Gasteiger partial charge in [0.05, 0.1) is 32.2 Å². The maximum Gasteiger partial charge on any atom is 0.323 e. The molecule has 2 rings (SSSR count).